The van der Waals surface area contributed by atoms with E-state index in [-0.39, 0.29) is 5.82 Å². The number of aromatic nitrogens is 1. The van der Waals surface area contributed by atoms with Gasteiger partial charge in [-0.25, -0.2) is 4.39 Å². The first-order chi connectivity index (χ1) is 8.17. The van der Waals surface area contributed by atoms with Gasteiger partial charge in [0.05, 0.1) is 5.69 Å². The van der Waals surface area contributed by atoms with E-state index < -0.39 is 0 Å². The molecule has 0 atom stereocenters. The Morgan fingerprint density at radius 3 is 2.47 bits per heavy atom. The van der Waals surface area contributed by atoms with E-state index >= 15 is 0 Å². The average molecular weight is 231 g/mol. The number of halogens is 1. The van der Waals surface area contributed by atoms with E-state index in [2.05, 4.69) is 0 Å². The highest BCUT2D eigenvalue weighted by Crippen LogP contribution is 2.26. The maximum Gasteiger partial charge on any atom is 0.167 e. The molecule has 0 fully saturated rings. The monoisotopic (exact) mass is 231 g/mol. The fourth-order valence-corrected chi connectivity index (χ4v) is 2.02. The Kier molecular flexibility index (Phi) is 3.09. The molecule has 1 heterocycles. The number of aldehydes is 1. The van der Waals surface area contributed by atoms with E-state index in [1.807, 2.05) is 24.6 Å². The summed E-state index contributed by atoms with van der Waals surface area (Å²) in [5.74, 6) is -0.270. The van der Waals surface area contributed by atoms with Crippen LogP contribution in [0.5, 0.6) is 0 Å². The van der Waals surface area contributed by atoms with E-state index in [4.69, 9.17) is 0 Å². The number of hydrogen-bond acceptors (Lipinski definition) is 1. The third-order valence-corrected chi connectivity index (χ3v) is 3.01. The highest BCUT2D eigenvalue weighted by molar-refractivity contribution is 5.86. The van der Waals surface area contributed by atoms with Gasteiger partial charge in [-0.1, -0.05) is 19.1 Å². The normalized spacial score (nSPS) is 10.5. The molecule has 0 aliphatic rings. The van der Waals surface area contributed by atoms with Gasteiger partial charge in [0.1, 0.15) is 5.82 Å². The number of benzene rings is 1. The Balaban J connectivity index is 2.58. The van der Waals surface area contributed by atoms with E-state index in [1.165, 1.54) is 12.1 Å². The second-order valence-electron chi connectivity index (χ2n) is 3.97. The molecule has 1 aromatic carbocycles. The smallest absolute Gasteiger partial charge is 0.167 e. The molecule has 0 saturated heterocycles. The molecule has 2 nitrogen and oxygen atoms in total. The molecule has 0 saturated carbocycles. The molecular formula is C14H14FNO. The summed E-state index contributed by atoms with van der Waals surface area (Å²) in [5, 5.41) is 0. The molecule has 17 heavy (non-hydrogen) atoms. The van der Waals surface area contributed by atoms with E-state index in [0.29, 0.717) is 5.69 Å². The van der Waals surface area contributed by atoms with Crippen LogP contribution in [0.2, 0.25) is 0 Å². The summed E-state index contributed by atoms with van der Waals surface area (Å²) in [6.07, 6.45) is 1.70. The zero-order chi connectivity index (χ0) is 12.4. The van der Waals surface area contributed by atoms with E-state index in [1.54, 1.807) is 12.1 Å². The summed E-state index contributed by atoms with van der Waals surface area (Å²) >= 11 is 0. The van der Waals surface area contributed by atoms with Crippen LogP contribution in [-0.2, 0) is 13.5 Å². The predicted molar refractivity (Wildman–Crippen MR) is 65.6 cm³/mol. The van der Waals surface area contributed by atoms with E-state index in [9.17, 15) is 9.18 Å². The minimum absolute atomic E-state index is 0.270. The summed E-state index contributed by atoms with van der Waals surface area (Å²) < 4.78 is 14.7. The molecule has 0 amide bonds. The minimum Gasteiger partial charge on any atom is -0.345 e. The van der Waals surface area contributed by atoms with Crippen LogP contribution < -0.4 is 0 Å². The van der Waals surface area contributed by atoms with Gasteiger partial charge in [-0.2, -0.15) is 0 Å². The van der Waals surface area contributed by atoms with Crippen molar-refractivity contribution in [2.24, 2.45) is 7.05 Å². The molecule has 2 rings (SSSR count). The summed E-state index contributed by atoms with van der Waals surface area (Å²) in [7, 11) is 1.87. The summed E-state index contributed by atoms with van der Waals surface area (Å²) in [6, 6.07) is 8.18. The van der Waals surface area contributed by atoms with Crippen LogP contribution in [0.3, 0.4) is 0 Å². The van der Waals surface area contributed by atoms with Crippen LogP contribution in [-0.4, -0.2) is 10.9 Å². The first-order valence-corrected chi connectivity index (χ1v) is 5.57. The van der Waals surface area contributed by atoms with Gasteiger partial charge in [0.15, 0.2) is 6.29 Å². The van der Waals surface area contributed by atoms with Gasteiger partial charge < -0.3 is 4.57 Å². The van der Waals surface area contributed by atoms with Crippen molar-refractivity contribution < 1.29 is 9.18 Å². The Bertz CT molecular complexity index is 540. The van der Waals surface area contributed by atoms with Crippen molar-refractivity contribution in [3.63, 3.8) is 0 Å². The van der Waals surface area contributed by atoms with Crippen LogP contribution in [0.15, 0.2) is 30.3 Å². The summed E-state index contributed by atoms with van der Waals surface area (Å²) in [4.78, 5) is 11.1. The highest BCUT2D eigenvalue weighted by atomic mass is 19.1. The van der Waals surface area contributed by atoms with Gasteiger partial charge in [0.25, 0.3) is 0 Å². The highest BCUT2D eigenvalue weighted by Gasteiger charge is 2.12. The van der Waals surface area contributed by atoms with Crippen LogP contribution >= 0.6 is 0 Å². The lowest BCUT2D eigenvalue weighted by Gasteiger charge is -2.02. The molecule has 0 unspecified atom stereocenters. The van der Waals surface area contributed by atoms with Crippen LogP contribution in [0.4, 0.5) is 4.39 Å². The van der Waals surface area contributed by atoms with Gasteiger partial charge in [-0.05, 0) is 30.2 Å². The van der Waals surface area contributed by atoms with Crippen molar-refractivity contribution in [2.45, 2.75) is 13.3 Å². The zero-order valence-electron chi connectivity index (χ0n) is 9.90. The molecular weight excluding hydrogens is 217 g/mol. The predicted octanol–water partition coefficient (Wildman–Crippen LogP) is 3.21. The molecule has 0 N–H and O–H groups in total. The molecule has 2 aromatic rings. The molecule has 0 aliphatic heterocycles. The number of hydrogen-bond donors (Lipinski definition) is 0. The third kappa shape index (κ3) is 2.00. The number of rotatable bonds is 3. The quantitative estimate of drug-likeness (QED) is 0.743. The topological polar surface area (TPSA) is 22.0 Å². The fourth-order valence-electron chi connectivity index (χ4n) is 2.02. The largest absolute Gasteiger partial charge is 0.345 e. The van der Waals surface area contributed by atoms with Crippen LogP contribution in [0.25, 0.3) is 11.1 Å². The molecule has 0 aliphatic carbocycles. The molecule has 1 aromatic heterocycles. The number of aryl methyl sites for hydroxylation is 1. The summed E-state index contributed by atoms with van der Waals surface area (Å²) in [6.45, 7) is 2.04. The molecule has 0 spiro atoms. The van der Waals surface area contributed by atoms with Crippen LogP contribution in [0.1, 0.15) is 23.1 Å². The molecule has 0 radical (unpaired) electrons. The molecule has 0 bridgehead atoms. The van der Waals surface area contributed by atoms with Gasteiger partial charge in [-0.15, -0.1) is 0 Å². The Labute approximate surface area is 99.7 Å². The number of carbonyl (C=O) groups excluding carboxylic acids is 1. The second-order valence-corrected chi connectivity index (χ2v) is 3.97. The lowest BCUT2D eigenvalue weighted by molar-refractivity contribution is 0.111. The van der Waals surface area contributed by atoms with E-state index in [0.717, 1.165) is 29.5 Å². The molecule has 3 heteroatoms. The van der Waals surface area contributed by atoms with Crippen LogP contribution in [0, 0.1) is 5.82 Å². The third-order valence-electron chi connectivity index (χ3n) is 3.01. The molecule has 88 valence electrons. The first kappa shape index (κ1) is 11.6. The lowest BCUT2D eigenvalue weighted by Crippen LogP contribution is -1.99. The fraction of sp³-hybridized carbons (Fsp3) is 0.214. The Hall–Kier alpha value is -1.90. The van der Waals surface area contributed by atoms with Gasteiger partial charge in [-0.3, -0.25) is 4.79 Å². The van der Waals surface area contributed by atoms with Gasteiger partial charge in [0, 0.05) is 18.3 Å². The number of carbonyl (C=O) groups is 1. The number of nitrogens with zero attached hydrogens (tertiary/aromatic N) is 1. The first-order valence-electron chi connectivity index (χ1n) is 5.57. The van der Waals surface area contributed by atoms with Crippen molar-refractivity contribution in [2.75, 3.05) is 0 Å². The Morgan fingerprint density at radius 2 is 1.94 bits per heavy atom. The maximum atomic E-state index is 12.9. The average Bonchev–Trinajstić information content (AvgIpc) is 2.66. The van der Waals surface area contributed by atoms with Crippen molar-refractivity contribution in [3.8, 4) is 11.1 Å². The standard InChI is InChI=1S/C14H14FNO/c1-3-12-8-13(14(9-17)16(12)2)10-4-6-11(15)7-5-10/h4-9H,3H2,1-2H3. The zero-order valence-corrected chi connectivity index (χ0v) is 9.90. The van der Waals surface area contributed by atoms with Crippen molar-refractivity contribution in [3.05, 3.63) is 47.5 Å². The second kappa shape index (κ2) is 4.53. The van der Waals surface area contributed by atoms with Crippen molar-refractivity contribution in [1.29, 1.82) is 0 Å². The van der Waals surface area contributed by atoms with Crippen molar-refractivity contribution >= 4 is 6.29 Å². The minimum atomic E-state index is -0.270. The van der Waals surface area contributed by atoms with Gasteiger partial charge >= 0.3 is 0 Å². The van der Waals surface area contributed by atoms with Gasteiger partial charge in [0.2, 0.25) is 0 Å². The lowest BCUT2D eigenvalue weighted by atomic mass is 10.1. The summed E-state index contributed by atoms with van der Waals surface area (Å²) in [5.41, 5.74) is 3.45. The maximum absolute atomic E-state index is 12.9. The van der Waals surface area contributed by atoms with Crippen molar-refractivity contribution in [1.82, 2.24) is 4.57 Å². The SMILES string of the molecule is CCc1cc(-c2ccc(F)cc2)c(C=O)n1C. The Morgan fingerprint density at radius 1 is 1.29 bits per heavy atom.